The van der Waals surface area contributed by atoms with Crippen LogP contribution in [0.25, 0.3) is 0 Å². The third kappa shape index (κ3) is 5.97. The quantitative estimate of drug-likeness (QED) is 0.549. The number of rotatable bonds is 7. The van der Waals surface area contributed by atoms with Crippen LogP contribution in [0.1, 0.15) is 11.1 Å². The summed E-state index contributed by atoms with van der Waals surface area (Å²) < 4.78 is 25.2. The molecule has 150 valence electrons. The molecule has 9 heteroatoms. The highest BCUT2D eigenvalue weighted by molar-refractivity contribution is 7.92. The number of carbonyl (C=O) groups excluding carboxylic acids is 1. The van der Waals surface area contributed by atoms with Crippen LogP contribution in [-0.4, -0.2) is 47.4 Å². The third-order valence-electron chi connectivity index (χ3n) is 3.94. The van der Waals surface area contributed by atoms with Gasteiger partial charge in [-0.2, -0.15) is 5.10 Å². The Morgan fingerprint density at radius 3 is 2.29 bits per heavy atom. The van der Waals surface area contributed by atoms with E-state index in [0.29, 0.717) is 10.7 Å². The number of hydrogen-bond donors (Lipinski definition) is 1. The second-order valence-electron chi connectivity index (χ2n) is 6.48. The lowest BCUT2D eigenvalue weighted by Gasteiger charge is -2.21. The zero-order valence-electron chi connectivity index (χ0n) is 16.2. The highest BCUT2D eigenvalue weighted by Crippen LogP contribution is 2.24. The first-order chi connectivity index (χ1) is 13.1. The second kappa shape index (κ2) is 9.07. The van der Waals surface area contributed by atoms with Gasteiger partial charge in [0.25, 0.3) is 5.91 Å². The summed E-state index contributed by atoms with van der Waals surface area (Å²) in [5, 5.41) is 4.31. The maximum absolute atomic E-state index is 12.2. The van der Waals surface area contributed by atoms with E-state index in [4.69, 9.17) is 11.6 Å². The number of benzene rings is 2. The van der Waals surface area contributed by atoms with Gasteiger partial charge in [0.2, 0.25) is 10.0 Å². The van der Waals surface area contributed by atoms with E-state index < -0.39 is 22.5 Å². The largest absolute Gasteiger partial charge is 0.378 e. The molecule has 0 spiro atoms. The number of hydrogen-bond acceptors (Lipinski definition) is 5. The lowest BCUT2D eigenvalue weighted by atomic mass is 10.2. The van der Waals surface area contributed by atoms with Crippen LogP contribution in [0.2, 0.25) is 5.02 Å². The number of anilines is 2. The molecule has 2 rings (SSSR count). The van der Waals surface area contributed by atoms with Crippen LogP contribution in [0, 0.1) is 6.92 Å². The fourth-order valence-electron chi connectivity index (χ4n) is 2.34. The summed E-state index contributed by atoms with van der Waals surface area (Å²) >= 11 is 6.08. The van der Waals surface area contributed by atoms with Crippen molar-refractivity contribution in [2.75, 3.05) is 36.1 Å². The molecule has 0 radical (unpaired) electrons. The summed E-state index contributed by atoms with van der Waals surface area (Å²) in [6, 6.07) is 12.4. The van der Waals surface area contributed by atoms with Crippen molar-refractivity contribution < 1.29 is 13.2 Å². The van der Waals surface area contributed by atoms with Crippen molar-refractivity contribution in [3.05, 3.63) is 58.6 Å². The Hall–Kier alpha value is -2.58. The van der Waals surface area contributed by atoms with Crippen LogP contribution in [0.15, 0.2) is 47.6 Å². The van der Waals surface area contributed by atoms with Crippen LogP contribution >= 0.6 is 11.6 Å². The van der Waals surface area contributed by atoms with Gasteiger partial charge in [-0.1, -0.05) is 29.8 Å². The van der Waals surface area contributed by atoms with Gasteiger partial charge in [0, 0.05) is 24.8 Å². The van der Waals surface area contributed by atoms with Gasteiger partial charge in [-0.25, -0.2) is 13.8 Å². The first-order valence-electron chi connectivity index (χ1n) is 8.41. The zero-order chi connectivity index (χ0) is 20.9. The van der Waals surface area contributed by atoms with E-state index in [0.717, 1.165) is 27.4 Å². The molecule has 0 unspecified atom stereocenters. The molecule has 7 nitrogen and oxygen atoms in total. The predicted molar refractivity (Wildman–Crippen MR) is 115 cm³/mol. The van der Waals surface area contributed by atoms with Gasteiger partial charge >= 0.3 is 0 Å². The SMILES string of the molecule is Cc1ccc(N(CC(=O)N/N=C\c2ccc(N(C)C)cc2)S(C)(=O)=O)cc1Cl. The number of amides is 1. The van der Waals surface area contributed by atoms with Gasteiger partial charge in [0.05, 0.1) is 18.2 Å². The highest BCUT2D eigenvalue weighted by Gasteiger charge is 2.21. The third-order valence-corrected chi connectivity index (χ3v) is 5.49. The molecular weight excluding hydrogens is 400 g/mol. The van der Waals surface area contributed by atoms with Crippen LogP contribution in [0.3, 0.4) is 0 Å². The minimum absolute atomic E-state index is 0.316. The summed E-state index contributed by atoms with van der Waals surface area (Å²) in [5.74, 6) is -0.566. The van der Waals surface area contributed by atoms with E-state index >= 15 is 0 Å². The molecule has 0 aliphatic rings. The Balaban J connectivity index is 2.06. The van der Waals surface area contributed by atoms with Gasteiger partial charge in [0.1, 0.15) is 6.54 Å². The molecule has 0 heterocycles. The van der Waals surface area contributed by atoms with E-state index in [1.165, 1.54) is 12.3 Å². The number of aryl methyl sites for hydroxylation is 1. The van der Waals surface area contributed by atoms with Crippen LogP contribution < -0.4 is 14.6 Å². The van der Waals surface area contributed by atoms with E-state index in [-0.39, 0.29) is 0 Å². The zero-order valence-corrected chi connectivity index (χ0v) is 17.8. The Kier molecular flexibility index (Phi) is 7.04. The van der Waals surface area contributed by atoms with E-state index in [2.05, 4.69) is 10.5 Å². The summed E-state index contributed by atoms with van der Waals surface area (Å²) in [6.45, 7) is 1.40. The summed E-state index contributed by atoms with van der Waals surface area (Å²) in [4.78, 5) is 14.2. The number of carbonyl (C=O) groups is 1. The van der Waals surface area contributed by atoms with Crippen molar-refractivity contribution in [2.24, 2.45) is 5.10 Å². The van der Waals surface area contributed by atoms with Crippen LogP contribution in [0.4, 0.5) is 11.4 Å². The number of nitrogens with one attached hydrogen (secondary N) is 1. The lowest BCUT2D eigenvalue weighted by Crippen LogP contribution is -2.39. The molecule has 0 saturated heterocycles. The van der Waals surface area contributed by atoms with Gasteiger partial charge in [-0.15, -0.1) is 0 Å². The van der Waals surface area contributed by atoms with Gasteiger partial charge in [-0.05, 0) is 42.3 Å². The van der Waals surface area contributed by atoms with Gasteiger partial charge in [-0.3, -0.25) is 9.10 Å². The van der Waals surface area contributed by atoms with E-state index in [9.17, 15) is 13.2 Å². The predicted octanol–water partition coefficient (Wildman–Crippen LogP) is 2.63. The van der Waals surface area contributed by atoms with E-state index in [1.807, 2.05) is 50.2 Å². The molecule has 2 aromatic rings. The van der Waals surface area contributed by atoms with Gasteiger partial charge < -0.3 is 4.90 Å². The average Bonchev–Trinajstić information content (AvgIpc) is 2.61. The molecule has 0 saturated carbocycles. The topological polar surface area (TPSA) is 82.1 Å². The molecule has 28 heavy (non-hydrogen) atoms. The molecule has 0 bridgehead atoms. The summed E-state index contributed by atoms with van der Waals surface area (Å²) in [6.07, 6.45) is 2.52. The fourth-order valence-corrected chi connectivity index (χ4v) is 3.36. The smallest absolute Gasteiger partial charge is 0.260 e. The first-order valence-corrected chi connectivity index (χ1v) is 10.6. The Morgan fingerprint density at radius 1 is 1.14 bits per heavy atom. The monoisotopic (exact) mass is 422 g/mol. The van der Waals surface area contributed by atoms with Crippen molar-refractivity contribution in [1.29, 1.82) is 0 Å². The molecule has 0 fully saturated rings. The maximum Gasteiger partial charge on any atom is 0.260 e. The minimum atomic E-state index is -3.68. The second-order valence-corrected chi connectivity index (χ2v) is 8.80. The fraction of sp³-hybridized carbons (Fsp3) is 0.263. The molecule has 2 aromatic carbocycles. The van der Waals surface area contributed by atoms with Crippen molar-refractivity contribution in [2.45, 2.75) is 6.92 Å². The van der Waals surface area contributed by atoms with Gasteiger partial charge in [0.15, 0.2) is 0 Å². The summed E-state index contributed by atoms with van der Waals surface area (Å²) in [7, 11) is 0.210. The number of sulfonamides is 1. The molecular formula is C19H23ClN4O3S. The number of nitrogens with zero attached hydrogens (tertiary/aromatic N) is 3. The van der Waals surface area contributed by atoms with Crippen LogP contribution in [-0.2, 0) is 14.8 Å². The van der Waals surface area contributed by atoms with Crippen LogP contribution in [0.5, 0.6) is 0 Å². The number of halogens is 1. The highest BCUT2D eigenvalue weighted by atomic mass is 35.5. The Labute approximate surface area is 170 Å². The van der Waals surface area contributed by atoms with E-state index in [1.54, 1.807) is 12.1 Å². The normalized spacial score (nSPS) is 11.5. The minimum Gasteiger partial charge on any atom is -0.378 e. The van der Waals surface area contributed by atoms with Crippen molar-refractivity contribution >= 4 is 45.1 Å². The molecule has 0 aliphatic heterocycles. The Bertz CT molecular complexity index is 973. The average molecular weight is 423 g/mol. The molecule has 0 aromatic heterocycles. The standard InChI is InChI=1S/C19H23ClN4O3S/c1-14-5-8-17(11-18(14)20)24(28(4,26)27)13-19(25)22-21-12-15-6-9-16(10-7-15)23(2)3/h5-12H,13H2,1-4H3,(H,22,25)/b21-12-. The number of hydrazone groups is 1. The van der Waals surface area contributed by atoms with Crippen molar-refractivity contribution in [1.82, 2.24) is 5.43 Å². The molecule has 0 aliphatic carbocycles. The first kappa shape index (κ1) is 21.7. The molecule has 1 amide bonds. The van der Waals surface area contributed by atoms with Crippen molar-refractivity contribution in [3.63, 3.8) is 0 Å². The molecule has 0 atom stereocenters. The summed E-state index contributed by atoms with van der Waals surface area (Å²) in [5.41, 5.74) is 5.32. The Morgan fingerprint density at radius 2 is 1.75 bits per heavy atom. The molecule has 1 N–H and O–H groups in total. The lowest BCUT2D eigenvalue weighted by molar-refractivity contribution is -0.119. The van der Waals surface area contributed by atoms with Crippen molar-refractivity contribution in [3.8, 4) is 0 Å². The maximum atomic E-state index is 12.2.